The highest BCUT2D eigenvalue weighted by molar-refractivity contribution is 5.97. The highest BCUT2D eigenvalue weighted by Gasteiger charge is 2.36. The Morgan fingerprint density at radius 2 is 2.14 bits per heavy atom. The van der Waals surface area contributed by atoms with Crippen molar-refractivity contribution in [3.63, 3.8) is 0 Å². The van der Waals surface area contributed by atoms with Crippen LogP contribution < -0.4 is 10.5 Å². The predicted molar refractivity (Wildman–Crippen MR) is 75.3 cm³/mol. The van der Waals surface area contributed by atoms with E-state index in [1.54, 1.807) is 29.2 Å². The molecule has 21 heavy (non-hydrogen) atoms. The summed E-state index contributed by atoms with van der Waals surface area (Å²) >= 11 is 0. The second-order valence-corrected chi connectivity index (χ2v) is 5.14. The smallest absolute Gasteiger partial charge is 0.257 e. The van der Waals surface area contributed by atoms with Gasteiger partial charge in [0.25, 0.3) is 5.91 Å². The van der Waals surface area contributed by atoms with E-state index in [9.17, 15) is 9.59 Å². The van der Waals surface area contributed by atoms with Crippen LogP contribution in [0.3, 0.4) is 0 Å². The van der Waals surface area contributed by atoms with Gasteiger partial charge >= 0.3 is 0 Å². The minimum absolute atomic E-state index is 0.0404. The molecule has 0 bridgehead atoms. The summed E-state index contributed by atoms with van der Waals surface area (Å²) in [5.41, 5.74) is 5.74. The Labute approximate surface area is 123 Å². The van der Waals surface area contributed by atoms with E-state index in [1.807, 2.05) is 13.0 Å². The second-order valence-electron chi connectivity index (χ2n) is 5.14. The van der Waals surface area contributed by atoms with Gasteiger partial charge in [-0.05, 0) is 18.1 Å². The van der Waals surface area contributed by atoms with E-state index in [-0.39, 0.29) is 30.3 Å². The minimum Gasteiger partial charge on any atom is -0.478 e. The van der Waals surface area contributed by atoms with Gasteiger partial charge in [-0.15, -0.1) is 0 Å². The molecule has 1 aromatic carbocycles. The molecule has 1 aliphatic heterocycles. The normalized spacial score (nSPS) is 20.9. The number of nitrogens with zero attached hydrogens (tertiary/aromatic N) is 2. The summed E-state index contributed by atoms with van der Waals surface area (Å²) < 4.78 is 5.27. The van der Waals surface area contributed by atoms with Gasteiger partial charge in [0.05, 0.1) is 11.5 Å². The molecule has 2 atom stereocenters. The van der Waals surface area contributed by atoms with Crippen molar-refractivity contribution in [2.45, 2.75) is 6.92 Å². The Balaban J connectivity index is 2.18. The first-order valence-electron chi connectivity index (χ1n) is 6.72. The highest BCUT2D eigenvalue weighted by atomic mass is 16.5. The lowest BCUT2D eigenvalue weighted by atomic mass is 9.98. The largest absolute Gasteiger partial charge is 0.478 e. The number of hydrogen-bond acceptors (Lipinski definition) is 4. The van der Waals surface area contributed by atoms with Crippen molar-refractivity contribution in [2.24, 2.45) is 17.6 Å². The molecule has 2 rings (SSSR count). The van der Waals surface area contributed by atoms with Crippen molar-refractivity contribution in [1.29, 1.82) is 5.26 Å². The van der Waals surface area contributed by atoms with Gasteiger partial charge in [-0.3, -0.25) is 9.59 Å². The maximum absolute atomic E-state index is 12.6. The molecule has 1 saturated heterocycles. The molecule has 1 aliphatic rings. The number of ether oxygens (including phenoxy) is 1. The number of carbonyl (C=O) groups excluding carboxylic acids is 2. The lowest BCUT2D eigenvalue weighted by molar-refractivity contribution is -0.122. The van der Waals surface area contributed by atoms with Crippen LogP contribution in [0.25, 0.3) is 0 Å². The van der Waals surface area contributed by atoms with Crippen LogP contribution in [-0.4, -0.2) is 36.4 Å². The number of carbonyl (C=O) groups is 2. The van der Waals surface area contributed by atoms with Crippen LogP contribution in [0, 0.1) is 23.2 Å². The number of likely N-dealkylation sites (tertiary alicyclic amines) is 1. The zero-order valence-electron chi connectivity index (χ0n) is 11.8. The van der Waals surface area contributed by atoms with E-state index in [4.69, 9.17) is 15.7 Å². The lowest BCUT2D eigenvalue weighted by Crippen LogP contribution is -2.32. The molecule has 0 aromatic heterocycles. The number of para-hydroxylation sites is 1. The number of nitriles is 1. The molecule has 0 spiro atoms. The number of rotatable bonds is 4. The van der Waals surface area contributed by atoms with Crippen LogP contribution >= 0.6 is 0 Å². The highest BCUT2D eigenvalue weighted by Crippen LogP contribution is 2.27. The second kappa shape index (κ2) is 6.27. The van der Waals surface area contributed by atoms with E-state index in [2.05, 4.69) is 0 Å². The number of primary amides is 1. The van der Waals surface area contributed by atoms with Crippen LogP contribution in [0.4, 0.5) is 0 Å². The maximum Gasteiger partial charge on any atom is 0.257 e. The quantitative estimate of drug-likeness (QED) is 0.885. The summed E-state index contributed by atoms with van der Waals surface area (Å²) in [5.74, 6) is -0.495. The summed E-state index contributed by atoms with van der Waals surface area (Å²) in [6, 6.07) is 8.64. The molecule has 0 radical (unpaired) electrons. The Kier molecular flexibility index (Phi) is 4.43. The standard InChI is InChI=1S/C15H17N3O3/c1-10-8-18(9-12(10)14(17)19)15(20)11-4-2-3-5-13(11)21-7-6-16/h2-5,10,12H,7-9H2,1H3,(H2,17,19)/t10-,12-/m1/s1. The van der Waals surface area contributed by atoms with E-state index in [0.29, 0.717) is 24.4 Å². The van der Waals surface area contributed by atoms with Gasteiger partial charge in [0, 0.05) is 13.1 Å². The van der Waals surface area contributed by atoms with Crippen LogP contribution in [0.1, 0.15) is 17.3 Å². The molecule has 1 fully saturated rings. The first-order valence-corrected chi connectivity index (χ1v) is 6.72. The average molecular weight is 287 g/mol. The van der Waals surface area contributed by atoms with Gasteiger partial charge in [-0.2, -0.15) is 5.26 Å². The van der Waals surface area contributed by atoms with Crippen LogP contribution in [-0.2, 0) is 4.79 Å². The topological polar surface area (TPSA) is 96.4 Å². The average Bonchev–Trinajstić information content (AvgIpc) is 2.87. The Morgan fingerprint density at radius 3 is 2.76 bits per heavy atom. The molecule has 0 aliphatic carbocycles. The van der Waals surface area contributed by atoms with Crippen molar-refractivity contribution in [2.75, 3.05) is 19.7 Å². The zero-order chi connectivity index (χ0) is 15.4. The van der Waals surface area contributed by atoms with Crippen molar-refractivity contribution >= 4 is 11.8 Å². The van der Waals surface area contributed by atoms with Gasteiger partial charge in [0.1, 0.15) is 11.8 Å². The van der Waals surface area contributed by atoms with Crippen molar-refractivity contribution in [1.82, 2.24) is 4.90 Å². The van der Waals surface area contributed by atoms with Crippen molar-refractivity contribution in [3.05, 3.63) is 29.8 Å². The molecular formula is C15H17N3O3. The monoisotopic (exact) mass is 287 g/mol. The SMILES string of the molecule is C[C@@H]1CN(C(=O)c2ccccc2OCC#N)C[C@H]1C(N)=O. The fourth-order valence-corrected chi connectivity index (χ4v) is 2.55. The Bertz CT molecular complexity index is 594. The summed E-state index contributed by atoms with van der Waals surface area (Å²) in [7, 11) is 0. The molecule has 0 unspecified atom stereocenters. The van der Waals surface area contributed by atoms with Crippen molar-refractivity contribution in [3.8, 4) is 11.8 Å². The number of nitrogens with two attached hydrogens (primary N) is 1. The van der Waals surface area contributed by atoms with Gasteiger partial charge in [0.15, 0.2) is 6.61 Å². The Hall–Kier alpha value is -2.55. The van der Waals surface area contributed by atoms with Crippen LogP contribution in [0.5, 0.6) is 5.75 Å². The van der Waals surface area contributed by atoms with Crippen LogP contribution in [0.15, 0.2) is 24.3 Å². The molecule has 6 nitrogen and oxygen atoms in total. The Morgan fingerprint density at radius 1 is 1.43 bits per heavy atom. The van der Waals surface area contributed by atoms with E-state index < -0.39 is 0 Å². The van der Waals surface area contributed by atoms with E-state index in [1.165, 1.54) is 0 Å². The third kappa shape index (κ3) is 3.14. The van der Waals surface area contributed by atoms with Gasteiger partial charge in [-0.25, -0.2) is 0 Å². The number of amides is 2. The lowest BCUT2D eigenvalue weighted by Gasteiger charge is -2.18. The molecular weight excluding hydrogens is 270 g/mol. The summed E-state index contributed by atoms with van der Waals surface area (Å²) in [6.45, 7) is 2.59. The molecule has 6 heteroatoms. The van der Waals surface area contributed by atoms with Gasteiger partial charge in [-0.1, -0.05) is 19.1 Å². The number of hydrogen-bond donors (Lipinski definition) is 1. The fraction of sp³-hybridized carbons (Fsp3) is 0.400. The molecule has 1 heterocycles. The predicted octanol–water partition coefficient (Wildman–Crippen LogP) is 0.782. The molecule has 2 N–H and O–H groups in total. The van der Waals surface area contributed by atoms with E-state index >= 15 is 0 Å². The summed E-state index contributed by atoms with van der Waals surface area (Å²) in [4.78, 5) is 25.5. The zero-order valence-corrected chi connectivity index (χ0v) is 11.8. The maximum atomic E-state index is 12.6. The fourth-order valence-electron chi connectivity index (χ4n) is 2.55. The minimum atomic E-state index is -0.383. The molecule has 2 amide bonds. The van der Waals surface area contributed by atoms with Crippen LogP contribution in [0.2, 0.25) is 0 Å². The molecule has 110 valence electrons. The summed E-state index contributed by atoms with van der Waals surface area (Å²) in [5, 5.41) is 8.58. The summed E-state index contributed by atoms with van der Waals surface area (Å²) in [6.07, 6.45) is 0. The van der Waals surface area contributed by atoms with E-state index in [0.717, 1.165) is 0 Å². The third-order valence-corrected chi connectivity index (χ3v) is 3.67. The number of benzene rings is 1. The van der Waals surface area contributed by atoms with Gasteiger partial charge in [0.2, 0.25) is 5.91 Å². The first-order chi connectivity index (χ1) is 10.0. The molecule has 0 saturated carbocycles. The first kappa shape index (κ1) is 14.9. The third-order valence-electron chi connectivity index (χ3n) is 3.67. The van der Waals surface area contributed by atoms with Gasteiger partial charge < -0.3 is 15.4 Å². The molecule has 1 aromatic rings. The van der Waals surface area contributed by atoms with Crippen molar-refractivity contribution < 1.29 is 14.3 Å².